The maximum absolute atomic E-state index is 2.43. The molecule has 1 aliphatic rings. The monoisotopic (exact) mass is 203 g/mol. The van der Waals surface area contributed by atoms with E-state index >= 15 is 0 Å². The predicted molar refractivity (Wildman–Crippen MR) is 66.8 cm³/mol. The lowest BCUT2D eigenvalue weighted by atomic mass is 9.80. The van der Waals surface area contributed by atoms with Gasteiger partial charge in [0.2, 0.25) is 0 Å². The molecule has 0 aromatic heterocycles. The first kappa shape index (κ1) is 10.5. The summed E-state index contributed by atoms with van der Waals surface area (Å²) in [5, 5.41) is 0. The van der Waals surface area contributed by atoms with E-state index in [2.05, 4.69) is 58.7 Å². The normalized spacial score (nSPS) is 23.1. The molecule has 0 radical (unpaired) electrons. The van der Waals surface area contributed by atoms with Crippen LogP contribution < -0.4 is 4.90 Å². The van der Waals surface area contributed by atoms with Gasteiger partial charge in [0.05, 0.1) is 0 Å². The summed E-state index contributed by atoms with van der Waals surface area (Å²) >= 11 is 0. The Morgan fingerprint density at radius 1 is 1.20 bits per heavy atom. The van der Waals surface area contributed by atoms with Crippen LogP contribution in [0.25, 0.3) is 0 Å². The van der Waals surface area contributed by atoms with Gasteiger partial charge in [0.25, 0.3) is 0 Å². The summed E-state index contributed by atoms with van der Waals surface area (Å²) in [7, 11) is 2.21. The van der Waals surface area contributed by atoms with Gasteiger partial charge in [0.15, 0.2) is 0 Å². The molecule has 0 amide bonds. The van der Waals surface area contributed by atoms with E-state index in [0.717, 1.165) is 0 Å². The Labute approximate surface area is 93.1 Å². The van der Waals surface area contributed by atoms with Crippen molar-refractivity contribution in [3.05, 3.63) is 28.8 Å². The van der Waals surface area contributed by atoms with Gasteiger partial charge < -0.3 is 4.90 Å². The van der Waals surface area contributed by atoms with E-state index in [0.29, 0.717) is 6.04 Å². The number of anilines is 1. The van der Waals surface area contributed by atoms with Gasteiger partial charge in [-0.25, -0.2) is 0 Å². The number of aryl methyl sites for hydroxylation is 1. The lowest BCUT2D eigenvalue weighted by molar-refractivity contribution is 0.454. The average Bonchev–Trinajstić information content (AvgIpc) is 2.34. The van der Waals surface area contributed by atoms with Gasteiger partial charge in [0, 0.05) is 24.2 Å². The molecule has 1 nitrogen and oxygen atoms in total. The van der Waals surface area contributed by atoms with Crippen molar-refractivity contribution < 1.29 is 0 Å². The number of benzene rings is 1. The molecule has 0 fully saturated rings. The van der Waals surface area contributed by atoms with E-state index in [4.69, 9.17) is 0 Å². The molecule has 1 heterocycles. The van der Waals surface area contributed by atoms with E-state index in [1.807, 2.05) is 0 Å². The van der Waals surface area contributed by atoms with Gasteiger partial charge in [-0.05, 0) is 37.5 Å². The summed E-state index contributed by atoms with van der Waals surface area (Å²) in [4.78, 5) is 2.43. The largest absolute Gasteiger partial charge is 0.371 e. The standard InChI is InChI=1S/C14H21N/c1-9-7-8-12-13(10(9)2)15(6)11(3)14(12,4)5/h7-8,11H,1-6H3. The van der Waals surface area contributed by atoms with Crippen molar-refractivity contribution in [2.24, 2.45) is 0 Å². The minimum Gasteiger partial charge on any atom is -0.371 e. The molecule has 1 aromatic carbocycles. The van der Waals surface area contributed by atoms with Crippen LogP contribution in [0, 0.1) is 13.8 Å². The highest BCUT2D eigenvalue weighted by molar-refractivity contribution is 5.69. The predicted octanol–water partition coefficient (Wildman–Crippen LogP) is 3.42. The van der Waals surface area contributed by atoms with Gasteiger partial charge in [0.1, 0.15) is 0 Å². The van der Waals surface area contributed by atoms with Crippen molar-refractivity contribution in [3.63, 3.8) is 0 Å². The minimum atomic E-state index is 0.266. The van der Waals surface area contributed by atoms with Crippen LogP contribution in [0.3, 0.4) is 0 Å². The molecule has 1 unspecified atom stereocenters. The maximum Gasteiger partial charge on any atom is 0.0437 e. The van der Waals surface area contributed by atoms with E-state index in [-0.39, 0.29) is 5.41 Å². The molecular formula is C14H21N. The molecule has 0 bridgehead atoms. The SMILES string of the molecule is Cc1ccc2c(c1C)N(C)C(C)C2(C)C. The van der Waals surface area contributed by atoms with Gasteiger partial charge in [-0.1, -0.05) is 26.0 Å². The fraction of sp³-hybridized carbons (Fsp3) is 0.571. The highest BCUT2D eigenvalue weighted by Gasteiger charge is 2.40. The van der Waals surface area contributed by atoms with Crippen LogP contribution in [0.2, 0.25) is 0 Å². The highest BCUT2D eigenvalue weighted by Crippen LogP contribution is 2.46. The van der Waals surface area contributed by atoms with Crippen molar-refractivity contribution in [2.45, 2.75) is 46.1 Å². The molecule has 82 valence electrons. The van der Waals surface area contributed by atoms with E-state index < -0.39 is 0 Å². The van der Waals surface area contributed by atoms with Gasteiger partial charge >= 0.3 is 0 Å². The minimum absolute atomic E-state index is 0.266. The molecule has 0 aliphatic carbocycles. The first-order chi connectivity index (χ1) is 6.87. The van der Waals surface area contributed by atoms with Crippen LogP contribution in [-0.4, -0.2) is 13.1 Å². The van der Waals surface area contributed by atoms with Crippen molar-refractivity contribution in [1.82, 2.24) is 0 Å². The van der Waals surface area contributed by atoms with Crippen LogP contribution in [0.15, 0.2) is 12.1 Å². The first-order valence-electron chi connectivity index (χ1n) is 5.71. The third-order valence-corrected chi connectivity index (χ3v) is 4.37. The van der Waals surface area contributed by atoms with Crippen LogP contribution in [0.1, 0.15) is 37.5 Å². The summed E-state index contributed by atoms with van der Waals surface area (Å²) in [6, 6.07) is 5.13. The molecule has 1 heteroatoms. The zero-order valence-electron chi connectivity index (χ0n) is 10.7. The zero-order valence-corrected chi connectivity index (χ0v) is 10.7. The van der Waals surface area contributed by atoms with Gasteiger partial charge in [-0.3, -0.25) is 0 Å². The Kier molecular flexibility index (Phi) is 2.11. The second-order valence-electron chi connectivity index (χ2n) is 5.41. The third-order valence-electron chi connectivity index (χ3n) is 4.37. The Hall–Kier alpha value is -0.980. The summed E-state index contributed by atoms with van der Waals surface area (Å²) in [6.07, 6.45) is 0. The molecule has 0 spiro atoms. The van der Waals surface area contributed by atoms with E-state index in [1.54, 1.807) is 0 Å². The number of fused-ring (bicyclic) bond motifs is 1. The first-order valence-corrected chi connectivity index (χ1v) is 5.71. The van der Waals surface area contributed by atoms with Crippen LogP contribution >= 0.6 is 0 Å². The Bertz CT molecular complexity index is 404. The number of hydrogen-bond acceptors (Lipinski definition) is 1. The lowest BCUT2D eigenvalue weighted by Crippen LogP contribution is -2.36. The third kappa shape index (κ3) is 1.22. The quantitative estimate of drug-likeness (QED) is 0.624. The summed E-state index contributed by atoms with van der Waals surface area (Å²) in [5.41, 5.74) is 6.05. The van der Waals surface area contributed by atoms with Crippen molar-refractivity contribution in [3.8, 4) is 0 Å². The Morgan fingerprint density at radius 3 is 2.40 bits per heavy atom. The van der Waals surface area contributed by atoms with Gasteiger partial charge in [-0.2, -0.15) is 0 Å². The molecule has 0 saturated carbocycles. The molecule has 2 rings (SSSR count). The molecule has 15 heavy (non-hydrogen) atoms. The fourth-order valence-corrected chi connectivity index (χ4v) is 2.68. The van der Waals surface area contributed by atoms with Crippen molar-refractivity contribution >= 4 is 5.69 Å². The molecule has 1 aliphatic heterocycles. The molecule has 1 aromatic rings. The number of likely N-dealkylation sites (N-methyl/N-ethyl adjacent to an activating group) is 1. The molecular weight excluding hydrogens is 182 g/mol. The maximum atomic E-state index is 2.43. The van der Waals surface area contributed by atoms with Gasteiger partial charge in [-0.15, -0.1) is 0 Å². The second kappa shape index (κ2) is 3.01. The molecule has 0 N–H and O–H groups in total. The average molecular weight is 203 g/mol. The smallest absolute Gasteiger partial charge is 0.0437 e. The van der Waals surface area contributed by atoms with Crippen LogP contribution in [0.4, 0.5) is 5.69 Å². The summed E-state index contributed by atoms with van der Waals surface area (Å²) in [5.74, 6) is 0. The highest BCUT2D eigenvalue weighted by atomic mass is 15.2. The number of rotatable bonds is 0. The Balaban J connectivity index is 2.71. The van der Waals surface area contributed by atoms with Crippen LogP contribution in [0.5, 0.6) is 0 Å². The fourth-order valence-electron chi connectivity index (χ4n) is 2.68. The Morgan fingerprint density at radius 2 is 1.80 bits per heavy atom. The zero-order chi connectivity index (χ0) is 11.4. The van der Waals surface area contributed by atoms with E-state index in [9.17, 15) is 0 Å². The molecule has 0 saturated heterocycles. The summed E-state index contributed by atoms with van der Waals surface area (Å²) in [6.45, 7) is 11.4. The number of hydrogen-bond donors (Lipinski definition) is 0. The van der Waals surface area contributed by atoms with Crippen molar-refractivity contribution in [2.75, 3.05) is 11.9 Å². The topological polar surface area (TPSA) is 3.24 Å². The summed E-state index contributed by atoms with van der Waals surface area (Å²) < 4.78 is 0. The van der Waals surface area contributed by atoms with E-state index in [1.165, 1.54) is 22.4 Å². The second-order valence-corrected chi connectivity index (χ2v) is 5.41. The number of nitrogens with zero attached hydrogens (tertiary/aromatic N) is 1. The molecule has 1 atom stereocenters. The van der Waals surface area contributed by atoms with Crippen LogP contribution in [-0.2, 0) is 5.41 Å². The lowest BCUT2D eigenvalue weighted by Gasteiger charge is -2.28. The van der Waals surface area contributed by atoms with Crippen molar-refractivity contribution in [1.29, 1.82) is 0 Å².